The highest BCUT2D eigenvalue weighted by atomic mass is 16.7. The van der Waals surface area contributed by atoms with E-state index in [4.69, 9.17) is 9.47 Å². The molecule has 1 rings (SSSR count). The molecule has 9 heteroatoms. The Morgan fingerprint density at radius 3 is 1.15 bits per heavy atom. The van der Waals surface area contributed by atoms with Crippen LogP contribution in [0.4, 0.5) is 0 Å². The molecule has 7 unspecified atom stereocenters. The normalized spacial score (nSPS) is 19.0. The summed E-state index contributed by atoms with van der Waals surface area (Å²) in [5, 5.41) is 54.6. The smallest absolute Gasteiger partial charge is 0.220 e. The number of hydrogen-bond donors (Lipinski definition) is 6. The van der Waals surface area contributed by atoms with Gasteiger partial charge in [-0.15, -0.1) is 0 Å². The number of carbonyl (C=O) groups excluding carboxylic acids is 1. The van der Waals surface area contributed by atoms with E-state index in [9.17, 15) is 30.3 Å². The third-order valence-corrected chi connectivity index (χ3v) is 15.7. The second kappa shape index (κ2) is 58.8. The van der Waals surface area contributed by atoms with E-state index >= 15 is 0 Å². The highest BCUT2D eigenvalue weighted by Crippen LogP contribution is 2.23. The SMILES string of the molecule is CCCCCCC/C=C\C/C=C\C/C=C\CCCCCCCCCCCCCCCCCCCCCCCCC(=O)NC(COC1OC(CO)C(O)C(O)C1O)C(O)/C=C/CC/C=C/CC/C=C/CCCCCCCCCCC. The minimum absolute atomic E-state index is 0.187. The lowest BCUT2D eigenvalue weighted by Gasteiger charge is -2.40. The van der Waals surface area contributed by atoms with Crippen molar-refractivity contribution in [2.24, 2.45) is 0 Å². The number of amides is 1. The van der Waals surface area contributed by atoms with E-state index in [2.05, 4.69) is 79.9 Å². The molecule has 6 N–H and O–H groups in total. The molecule has 1 aliphatic rings. The highest BCUT2D eigenvalue weighted by molar-refractivity contribution is 5.76. The van der Waals surface area contributed by atoms with E-state index in [0.29, 0.717) is 6.42 Å². The van der Waals surface area contributed by atoms with Gasteiger partial charge in [0, 0.05) is 6.42 Å². The highest BCUT2D eigenvalue weighted by Gasteiger charge is 2.44. The Bertz CT molecular complexity index is 1470. The van der Waals surface area contributed by atoms with E-state index in [1.54, 1.807) is 6.08 Å². The van der Waals surface area contributed by atoms with Gasteiger partial charge in [0.05, 0.1) is 25.4 Å². The molecule has 0 aromatic heterocycles. The third kappa shape index (κ3) is 47.8. The number of ether oxygens (including phenoxy) is 2. The molecule has 0 spiro atoms. The Morgan fingerprint density at radius 1 is 0.430 bits per heavy atom. The molecule has 9 nitrogen and oxygen atoms in total. The fourth-order valence-electron chi connectivity index (χ4n) is 10.4. The molecule has 79 heavy (non-hydrogen) atoms. The molecule has 0 radical (unpaired) electrons. The quantitative estimate of drug-likeness (QED) is 0.0261. The first-order valence-corrected chi connectivity index (χ1v) is 33.7. The lowest BCUT2D eigenvalue weighted by Crippen LogP contribution is -2.60. The predicted molar refractivity (Wildman–Crippen MR) is 336 cm³/mol. The summed E-state index contributed by atoms with van der Waals surface area (Å²) in [7, 11) is 0. The number of nitrogens with one attached hydrogen (secondary N) is 1. The average Bonchev–Trinajstić information content (AvgIpc) is 3.46. The molecule has 0 saturated carbocycles. The molecule has 0 aliphatic carbocycles. The number of rotatable bonds is 58. The van der Waals surface area contributed by atoms with Crippen LogP contribution in [0.25, 0.3) is 0 Å². The molecule has 1 fully saturated rings. The average molecular weight is 1110 g/mol. The van der Waals surface area contributed by atoms with Gasteiger partial charge in [0.1, 0.15) is 24.4 Å². The standard InChI is InChI=1S/C70H127NO8/c1-3-5-7-9-11-13-15-17-19-21-23-24-25-26-27-28-29-30-31-32-33-34-35-36-37-38-39-40-42-44-46-48-50-52-54-56-58-60-66(74)71-63(62-78-70-69(77)68(76)67(75)65(61-72)79-70)64(73)59-57-55-53-51-49-47-45-43-41-22-20-18-16-14-12-10-8-6-4-2/h15,17,21,23,25-26,41,43,49,51,57,59,63-65,67-70,72-73,75-77H,3-14,16,18-20,22,24,27-40,42,44-48,50,52-56,58,60-62H2,1-2H3,(H,71,74)/b17-15-,23-21-,26-25-,43-41+,51-49+,59-57+. The second-order valence-corrected chi connectivity index (χ2v) is 23.2. The second-order valence-electron chi connectivity index (χ2n) is 23.2. The van der Waals surface area contributed by atoms with Crippen molar-refractivity contribution in [3.05, 3.63) is 72.9 Å². The lowest BCUT2D eigenvalue weighted by molar-refractivity contribution is -0.302. The summed E-state index contributed by atoms with van der Waals surface area (Å²) in [6.07, 6.45) is 75.8. The number of unbranched alkanes of at least 4 members (excludes halogenated alkanes) is 38. The first-order chi connectivity index (χ1) is 38.8. The molecule has 1 saturated heterocycles. The summed E-state index contributed by atoms with van der Waals surface area (Å²) in [6.45, 7) is 3.77. The summed E-state index contributed by atoms with van der Waals surface area (Å²) in [5.41, 5.74) is 0. The molecule has 1 amide bonds. The first kappa shape index (κ1) is 74.6. The Labute approximate surface area is 487 Å². The van der Waals surface area contributed by atoms with E-state index in [1.807, 2.05) is 6.08 Å². The van der Waals surface area contributed by atoms with Gasteiger partial charge in [0.15, 0.2) is 6.29 Å². The fourth-order valence-corrected chi connectivity index (χ4v) is 10.4. The van der Waals surface area contributed by atoms with Crippen molar-refractivity contribution in [3.63, 3.8) is 0 Å². The Hall–Kier alpha value is -2.37. The molecule has 460 valence electrons. The number of hydrogen-bond acceptors (Lipinski definition) is 8. The zero-order valence-electron chi connectivity index (χ0n) is 51.4. The van der Waals surface area contributed by atoms with Gasteiger partial charge >= 0.3 is 0 Å². The summed E-state index contributed by atoms with van der Waals surface area (Å²) < 4.78 is 11.3. The van der Waals surface area contributed by atoms with Crippen LogP contribution in [-0.2, 0) is 14.3 Å². The summed E-state index contributed by atoms with van der Waals surface area (Å²) >= 11 is 0. The Kier molecular flexibility index (Phi) is 55.6. The van der Waals surface area contributed by atoms with Gasteiger partial charge < -0.3 is 40.3 Å². The summed E-state index contributed by atoms with van der Waals surface area (Å²) in [5.74, 6) is -0.187. The van der Waals surface area contributed by atoms with Crippen molar-refractivity contribution in [1.82, 2.24) is 5.32 Å². The van der Waals surface area contributed by atoms with Gasteiger partial charge in [0.2, 0.25) is 5.91 Å². The molecule has 1 heterocycles. The van der Waals surface area contributed by atoms with Crippen LogP contribution in [0.5, 0.6) is 0 Å². The molecule has 0 aromatic carbocycles. The fraction of sp³-hybridized carbons (Fsp3) is 0.814. The first-order valence-electron chi connectivity index (χ1n) is 33.7. The van der Waals surface area contributed by atoms with E-state index in [1.165, 1.54) is 231 Å². The van der Waals surface area contributed by atoms with Crippen molar-refractivity contribution >= 4 is 5.91 Å². The molecule has 7 atom stereocenters. The minimum atomic E-state index is -1.58. The maximum absolute atomic E-state index is 13.1. The lowest BCUT2D eigenvalue weighted by atomic mass is 9.99. The predicted octanol–water partition coefficient (Wildman–Crippen LogP) is 18.0. The molecule has 0 aromatic rings. The number of allylic oxidation sites excluding steroid dienone is 11. The summed E-state index contributed by atoms with van der Waals surface area (Å²) in [4.78, 5) is 13.1. The van der Waals surface area contributed by atoms with Gasteiger partial charge in [-0.05, 0) is 83.5 Å². The van der Waals surface area contributed by atoms with Crippen molar-refractivity contribution in [3.8, 4) is 0 Å². The van der Waals surface area contributed by atoms with Crippen LogP contribution in [0.1, 0.15) is 309 Å². The Balaban J connectivity index is 2.11. The van der Waals surface area contributed by atoms with Gasteiger partial charge in [-0.3, -0.25) is 4.79 Å². The Morgan fingerprint density at radius 2 is 0.759 bits per heavy atom. The summed E-state index contributed by atoms with van der Waals surface area (Å²) in [6, 6.07) is -0.830. The van der Waals surface area contributed by atoms with Crippen molar-refractivity contribution < 1.29 is 39.8 Å². The number of aliphatic hydroxyl groups excluding tert-OH is 5. The van der Waals surface area contributed by atoms with Crippen LogP contribution in [0, 0.1) is 0 Å². The number of carbonyl (C=O) groups is 1. The van der Waals surface area contributed by atoms with Gasteiger partial charge in [-0.1, -0.05) is 292 Å². The monoisotopic (exact) mass is 1110 g/mol. The minimum Gasteiger partial charge on any atom is -0.394 e. The maximum atomic E-state index is 13.1. The van der Waals surface area contributed by atoms with Crippen molar-refractivity contribution in [2.75, 3.05) is 13.2 Å². The van der Waals surface area contributed by atoms with Crippen molar-refractivity contribution in [1.29, 1.82) is 0 Å². The molecule has 1 aliphatic heterocycles. The van der Waals surface area contributed by atoms with Crippen LogP contribution < -0.4 is 5.32 Å². The third-order valence-electron chi connectivity index (χ3n) is 15.7. The van der Waals surface area contributed by atoms with E-state index < -0.39 is 49.5 Å². The van der Waals surface area contributed by atoms with Gasteiger partial charge in [-0.25, -0.2) is 0 Å². The molecule has 0 bridgehead atoms. The van der Waals surface area contributed by atoms with Gasteiger partial charge in [-0.2, -0.15) is 0 Å². The van der Waals surface area contributed by atoms with Crippen LogP contribution in [-0.4, -0.2) is 87.5 Å². The van der Waals surface area contributed by atoms with Crippen LogP contribution in [0.15, 0.2) is 72.9 Å². The zero-order chi connectivity index (χ0) is 57.2. The maximum Gasteiger partial charge on any atom is 0.220 e. The van der Waals surface area contributed by atoms with Crippen LogP contribution >= 0.6 is 0 Å². The largest absolute Gasteiger partial charge is 0.394 e. The van der Waals surface area contributed by atoms with Gasteiger partial charge in [0.25, 0.3) is 0 Å². The molecular formula is C70H127NO8. The van der Waals surface area contributed by atoms with Crippen LogP contribution in [0.2, 0.25) is 0 Å². The van der Waals surface area contributed by atoms with Crippen molar-refractivity contribution in [2.45, 2.75) is 352 Å². The topological polar surface area (TPSA) is 149 Å². The number of aliphatic hydroxyl groups is 5. The van der Waals surface area contributed by atoms with Crippen LogP contribution in [0.3, 0.4) is 0 Å². The van der Waals surface area contributed by atoms with E-state index in [0.717, 1.165) is 57.8 Å². The zero-order valence-corrected chi connectivity index (χ0v) is 51.4. The molecular weight excluding hydrogens is 983 g/mol. The van der Waals surface area contributed by atoms with E-state index in [-0.39, 0.29) is 12.5 Å².